The van der Waals surface area contributed by atoms with Crippen molar-refractivity contribution in [2.75, 3.05) is 31.7 Å². The molecule has 0 aromatic rings. The van der Waals surface area contributed by atoms with Gasteiger partial charge in [0.15, 0.2) is 5.96 Å². The van der Waals surface area contributed by atoms with Crippen molar-refractivity contribution in [2.45, 2.75) is 70.9 Å². The van der Waals surface area contributed by atoms with Crippen LogP contribution in [0.5, 0.6) is 0 Å². The lowest BCUT2D eigenvalue weighted by atomic mass is 10.1. The molecule has 8 heteroatoms. The molecule has 0 radical (unpaired) electrons. The lowest BCUT2D eigenvalue weighted by Crippen LogP contribution is -2.43. The molecule has 2 N–H and O–H groups in total. The fourth-order valence-electron chi connectivity index (χ4n) is 2.80. The molecule has 150 valence electrons. The highest BCUT2D eigenvalue weighted by Gasteiger charge is 2.12. The number of guanidine groups is 1. The Morgan fingerprint density at radius 1 is 1.24 bits per heavy atom. The molecule has 1 atom stereocenters. The van der Waals surface area contributed by atoms with Crippen LogP contribution < -0.4 is 10.6 Å². The average molecular weight is 489 g/mol. The van der Waals surface area contributed by atoms with E-state index in [4.69, 9.17) is 4.74 Å². The quantitative estimate of drug-likeness (QED) is 0.171. The highest BCUT2D eigenvalue weighted by molar-refractivity contribution is 14.0. The van der Waals surface area contributed by atoms with E-state index in [1.807, 2.05) is 13.8 Å². The Bertz CT molecular complexity index is 464. The van der Waals surface area contributed by atoms with Gasteiger partial charge in [-0.25, -0.2) is 8.42 Å². The summed E-state index contributed by atoms with van der Waals surface area (Å²) in [6.07, 6.45) is 9.79. The summed E-state index contributed by atoms with van der Waals surface area (Å²) >= 11 is 0. The van der Waals surface area contributed by atoms with Crippen LogP contribution in [0.1, 0.15) is 58.8 Å². The maximum Gasteiger partial charge on any atom is 0.191 e. The van der Waals surface area contributed by atoms with Crippen LogP contribution in [0.15, 0.2) is 4.99 Å². The Labute approximate surface area is 170 Å². The van der Waals surface area contributed by atoms with Gasteiger partial charge in [-0.05, 0) is 33.1 Å². The second-order valence-corrected chi connectivity index (χ2v) is 8.97. The van der Waals surface area contributed by atoms with Crippen molar-refractivity contribution >= 4 is 39.8 Å². The molecule has 0 heterocycles. The number of hydrogen-bond acceptors (Lipinski definition) is 4. The monoisotopic (exact) mass is 489 g/mol. The fraction of sp³-hybridized carbons (Fsp3) is 0.941. The van der Waals surface area contributed by atoms with E-state index in [1.165, 1.54) is 44.8 Å². The molecule has 0 aliphatic heterocycles. The third-order valence-corrected chi connectivity index (χ3v) is 5.14. The Morgan fingerprint density at radius 2 is 1.88 bits per heavy atom. The van der Waals surface area contributed by atoms with Crippen LogP contribution in [0, 0.1) is 0 Å². The van der Waals surface area contributed by atoms with E-state index in [9.17, 15) is 8.42 Å². The standard InChI is InChI=1S/C17H35N3O3S.HI/c1-4-18-17(20-15(2)11-14-24(3,21)22)19-12-13-23-16-9-7-5-6-8-10-16;/h15-16H,4-14H2,1-3H3,(H2,18,19,20);1H. The Hall–Kier alpha value is -0.0900. The lowest BCUT2D eigenvalue weighted by Gasteiger charge is -2.18. The molecule has 0 aromatic carbocycles. The first-order chi connectivity index (χ1) is 11.4. The minimum Gasteiger partial charge on any atom is -0.376 e. The van der Waals surface area contributed by atoms with Crippen LogP contribution in [0.25, 0.3) is 0 Å². The van der Waals surface area contributed by atoms with Gasteiger partial charge in [-0.1, -0.05) is 25.7 Å². The molecule has 1 saturated carbocycles. The predicted molar refractivity (Wildman–Crippen MR) is 116 cm³/mol. The summed E-state index contributed by atoms with van der Waals surface area (Å²) in [6, 6.07) is 0.0558. The van der Waals surface area contributed by atoms with E-state index in [1.54, 1.807) is 0 Å². The molecule has 0 bridgehead atoms. The summed E-state index contributed by atoms with van der Waals surface area (Å²) in [7, 11) is -2.92. The number of nitrogens with zero attached hydrogens (tertiary/aromatic N) is 1. The van der Waals surface area contributed by atoms with Gasteiger partial charge in [0.1, 0.15) is 9.84 Å². The highest BCUT2D eigenvalue weighted by atomic mass is 127. The molecule has 1 aliphatic rings. The van der Waals surface area contributed by atoms with Gasteiger partial charge in [0, 0.05) is 18.8 Å². The van der Waals surface area contributed by atoms with Gasteiger partial charge in [-0.15, -0.1) is 24.0 Å². The molecule has 0 aromatic heterocycles. The lowest BCUT2D eigenvalue weighted by molar-refractivity contribution is 0.0487. The normalized spacial score (nSPS) is 18.1. The zero-order chi connectivity index (χ0) is 17.8. The van der Waals surface area contributed by atoms with Crippen LogP contribution in [0.2, 0.25) is 0 Å². The Balaban J connectivity index is 0.00000576. The van der Waals surface area contributed by atoms with Crippen molar-refractivity contribution in [3.8, 4) is 0 Å². The number of ether oxygens (including phenoxy) is 1. The maximum atomic E-state index is 11.2. The van der Waals surface area contributed by atoms with E-state index in [0.29, 0.717) is 25.7 Å². The van der Waals surface area contributed by atoms with Crippen LogP contribution in [0.4, 0.5) is 0 Å². The number of aliphatic imine (C=N–C) groups is 1. The van der Waals surface area contributed by atoms with Gasteiger partial charge in [0.05, 0.1) is 25.0 Å². The van der Waals surface area contributed by atoms with Crippen LogP contribution in [-0.2, 0) is 14.6 Å². The Morgan fingerprint density at radius 3 is 2.44 bits per heavy atom. The molecular weight excluding hydrogens is 453 g/mol. The van der Waals surface area contributed by atoms with Crippen molar-refractivity contribution in [3.05, 3.63) is 0 Å². The highest BCUT2D eigenvalue weighted by Crippen LogP contribution is 2.19. The third kappa shape index (κ3) is 13.7. The average Bonchev–Trinajstić information content (AvgIpc) is 2.78. The number of hydrogen-bond donors (Lipinski definition) is 2. The zero-order valence-electron chi connectivity index (χ0n) is 15.9. The zero-order valence-corrected chi connectivity index (χ0v) is 19.1. The summed E-state index contributed by atoms with van der Waals surface area (Å²) in [5.41, 5.74) is 0. The summed E-state index contributed by atoms with van der Waals surface area (Å²) < 4.78 is 28.4. The molecule has 0 saturated heterocycles. The molecule has 1 rings (SSSR count). The van der Waals surface area contributed by atoms with Gasteiger partial charge < -0.3 is 15.4 Å². The van der Waals surface area contributed by atoms with E-state index in [0.717, 1.165) is 12.5 Å². The van der Waals surface area contributed by atoms with E-state index >= 15 is 0 Å². The largest absolute Gasteiger partial charge is 0.376 e. The molecule has 1 aliphatic carbocycles. The number of sulfone groups is 1. The second kappa shape index (κ2) is 14.0. The number of nitrogens with one attached hydrogen (secondary N) is 2. The van der Waals surface area contributed by atoms with Gasteiger partial charge in [-0.2, -0.15) is 0 Å². The van der Waals surface area contributed by atoms with Gasteiger partial charge in [-0.3, -0.25) is 4.99 Å². The SMILES string of the molecule is CCNC(=NCCOC1CCCCCC1)NC(C)CCS(C)(=O)=O.I. The number of halogens is 1. The van der Waals surface area contributed by atoms with Crippen molar-refractivity contribution in [3.63, 3.8) is 0 Å². The summed E-state index contributed by atoms with van der Waals surface area (Å²) in [5.74, 6) is 0.911. The van der Waals surface area contributed by atoms with Crippen molar-refractivity contribution in [1.29, 1.82) is 0 Å². The molecule has 1 fully saturated rings. The molecule has 1 unspecified atom stereocenters. The summed E-state index contributed by atoms with van der Waals surface area (Å²) in [6.45, 7) is 6.01. The topological polar surface area (TPSA) is 79.8 Å². The summed E-state index contributed by atoms with van der Waals surface area (Å²) in [4.78, 5) is 4.53. The van der Waals surface area contributed by atoms with E-state index in [-0.39, 0.29) is 35.8 Å². The van der Waals surface area contributed by atoms with Crippen LogP contribution in [-0.4, -0.2) is 58.2 Å². The minimum absolute atomic E-state index is 0. The van der Waals surface area contributed by atoms with Crippen molar-refractivity contribution in [2.24, 2.45) is 4.99 Å². The molecular formula is C17H36IN3O3S. The molecule has 0 amide bonds. The summed E-state index contributed by atoms with van der Waals surface area (Å²) in [5, 5.41) is 6.45. The Kier molecular flexibility index (Phi) is 14.0. The molecule has 25 heavy (non-hydrogen) atoms. The van der Waals surface area contributed by atoms with Crippen molar-refractivity contribution in [1.82, 2.24) is 10.6 Å². The van der Waals surface area contributed by atoms with Crippen molar-refractivity contribution < 1.29 is 13.2 Å². The van der Waals surface area contributed by atoms with Gasteiger partial charge in [0.2, 0.25) is 0 Å². The predicted octanol–water partition coefficient (Wildman–Crippen LogP) is 2.72. The van der Waals surface area contributed by atoms with Crippen LogP contribution >= 0.6 is 24.0 Å². The maximum absolute atomic E-state index is 11.2. The number of rotatable bonds is 9. The molecule has 6 nitrogen and oxygen atoms in total. The first-order valence-electron chi connectivity index (χ1n) is 9.25. The second-order valence-electron chi connectivity index (χ2n) is 6.71. The van der Waals surface area contributed by atoms with Gasteiger partial charge >= 0.3 is 0 Å². The fourth-order valence-corrected chi connectivity index (χ4v) is 3.58. The minimum atomic E-state index is -2.92. The smallest absolute Gasteiger partial charge is 0.191 e. The molecule has 0 spiro atoms. The van der Waals surface area contributed by atoms with E-state index < -0.39 is 9.84 Å². The third-order valence-electron chi connectivity index (χ3n) is 4.17. The first-order valence-corrected chi connectivity index (χ1v) is 11.3. The van der Waals surface area contributed by atoms with E-state index in [2.05, 4.69) is 15.6 Å². The first kappa shape index (κ1) is 24.9. The van der Waals surface area contributed by atoms with Gasteiger partial charge in [0.25, 0.3) is 0 Å². The van der Waals surface area contributed by atoms with Crippen LogP contribution in [0.3, 0.4) is 0 Å².